The number of hydroxylamine groups is 2. The van der Waals surface area contributed by atoms with Gasteiger partial charge >= 0.3 is 0 Å². The summed E-state index contributed by atoms with van der Waals surface area (Å²) in [5.41, 5.74) is 10.7. The highest BCUT2D eigenvalue weighted by Gasteiger charge is 2.67. The third kappa shape index (κ3) is 2.99. The van der Waals surface area contributed by atoms with E-state index in [9.17, 15) is 0 Å². The van der Waals surface area contributed by atoms with Gasteiger partial charge in [-0.3, -0.25) is 4.99 Å². The van der Waals surface area contributed by atoms with Crippen LogP contribution in [0.5, 0.6) is 0 Å². The number of nitrogens with two attached hydrogens (primary N) is 1. The van der Waals surface area contributed by atoms with Gasteiger partial charge in [0, 0.05) is 45.5 Å². The second kappa shape index (κ2) is 7.69. The Bertz CT molecular complexity index is 1090. The Morgan fingerprint density at radius 2 is 1.84 bits per heavy atom. The number of rotatable bonds is 4. The predicted octanol–water partition coefficient (Wildman–Crippen LogP) is 3.11. The number of hydrogen-bond donors (Lipinski definition) is 1. The number of guanidine groups is 1. The molecule has 2 aromatic rings. The van der Waals surface area contributed by atoms with Crippen molar-refractivity contribution in [2.75, 3.05) is 28.3 Å². The molecule has 2 N–H and O–H groups in total. The Kier molecular flexibility index (Phi) is 5.08. The Balaban J connectivity index is 1.64. The van der Waals surface area contributed by atoms with Crippen LogP contribution in [0.2, 0.25) is 0 Å². The van der Waals surface area contributed by atoms with Crippen molar-refractivity contribution in [3.63, 3.8) is 0 Å². The summed E-state index contributed by atoms with van der Waals surface area (Å²) in [6.45, 7) is 0. The van der Waals surface area contributed by atoms with E-state index in [0.717, 1.165) is 41.5 Å². The standard InChI is InChI=1S/C25H30N4O3/c1-27-15-16-6-5-7-17(10-16)18-8-9-19-12-24(13-21(30-3)22(14-24)31-4)25(20(19)11-18)28-23(26)29(2)32-25/h5-11,15,21-22H,12-14H2,1-4H3,(H2,26,28)/t21-,22+,24?,25?. The summed E-state index contributed by atoms with van der Waals surface area (Å²) < 4.78 is 11.6. The molecular formula is C25H30N4O3. The van der Waals surface area contributed by atoms with E-state index in [-0.39, 0.29) is 17.6 Å². The summed E-state index contributed by atoms with van der Waals surface area (Å²) in [4.78, 5) is 15.6. The molecule has 168 valence electrons. The van der Waals surface area contributed by atoms with Gasteiger partial charge in [0.05, 0.1) is 12.2 Å². The van der Waals surface area contributed by atoms with Gasteiger partial charge in [0.25, 0.3) is 0 Å². The van der Waals surface area contributed by atoms with Crippen molar-refractivity contribution in [3.05, 3.63) is 59.2 Å². The lowest BCUT2D eigenvalue weighted by Gasteiger charge is -2.38. The number of nitrogens with zero attached hydrogens (tertiary/aromatic N) is 3. The summed E-state index contributed by atoms with van der Waals surface area (Å²) in [6.07, 6.45) is 4.26. The van der Waals surface area contributed by atoms with Crippen molar-refractivity contribution >= 4 is 12.2 Å². The number of fused-ring (bicyclic) bond motifs is 3. The van der Waals surface area contributed by atoms with Crippen molar-refractivity contribution in [1.82, 2.24) is 5.06 Å². The molecule has 4 atom stereocenters. The van der Waals surface area contributed by atoms with Crippen LogP contribution in [0.25, 0.3) is 11.1 Å². The highest BCUT2D eigenvalue weighted by molar-refractivity contribution is 5.83. The molecular weight excluding hydrogens is 404 g/mol. The maximum absolute atomic E-state index is 6.50. The van der Waals surface area contributed by atoms with Crippen LogP contribution in [0.3, 0.4) is 0 Å². The molecule has 1 aliphatic heterocycles. The third-order valence-corrected chi connectivity index (χ3v) is 7.29. The van der Waals surface area contributed by atoms with Crippen LogP contribution in [0.15, 0.2) is 52.4 Å². The van der Waals surface area contributed by atoms with Crippen LogP contribution >= 0.6 is 0 Å². The van der Waals surface area contributed by atoms with E-state index in [1.165, 1.54) is 5.56 Å². The molecule has 1 saturated carbocycles. The fourth-order valence-electron chi connectivity index (χ4n) is 5.77. The molecule has 2 unspecified atom stereocenters. The molecule has 3 aliphatic rings. The van der Waals surface area contributed by atoms with Gasteiger partial charge in [-0.2, -0.15) is 0 Å². The molecule has 0 amide bonds. The summed E-state index contributed by atoms with van der Waals surface area (Å²) in [5, 5.41) is 1.59. The van der Waals surface area contributed by atoms with Crippen molar-refractivity contribution in [3.8, 4) is 11.1 Å². The average molecular weight is 435 g/mol. The lowest BCUT2D eigenvalue weighted by atomic mass is 9.76. The highest BCUT2D eigenvalue weighted by Crippen LogP contribution is 2.63. The van der Waals surface area contributed by atoms with Gasteiger partial charge in [-0.25, -0.2) is 14.9 Å². The molecule has 2 aromatic carbocycles. The number of ether oxygens (including phenoxy) is 2. The van der Waals surface area contributed by atoms with Crippen molar-refractivity contribution in [2.45, 2.75) is 37.2 Å². The smallest absolute Gasteiger partial charge is 0.220 e. The fraction of sp³-hybridized carbons (Fsp3) is 0.440. The average Bonchev–Trinajstić information content (AvgIpc) is 3.40. The van der Waals surface area contributed by atoms with E-state index in [2.05, 4.69) is 47.5 Å². The van der Waals surface area contributed by atoms with Crippen LogP contribution < -0.4 is 5.73 Å². The fourth-order valence-corrected chi connectivity index (χ4v) is 5.77. The molecule has 2 aliphatic carbocycles. The normalized spacial score (nSPS) is 31.2. The number of methoxy groups -OCH3 is 2. The Labute approximate surface area is 188 Å². The van der Waals surface area contributed by atoms with E-state index in [0.29, 0.717) is 5.96 Å². The van der Waals surface area contributed by atoms with Gasteiger partial charge in [-0.15, -0.1) is 0 Å². The Hall–Kier alpha value is -2.74. The first kappa shape index (κ1) is 21.1. The van der Waals surface area contributed by atoms with Gasteiger partial charge < -0.3 is 15.2 Å². The lowest BCUT2D eigenvalue weighted by Crippen LogP contribution is -2.42. The van der Waals surface area contributed by atoms with Crippen LogP contribution in [0.1, 0.15) is 29.5 Å². The monoisotopic (exact) mass is 434 g/mol. The van der Waals surface area contributed by atoms with Gasteiger partial charge in [0.15, 0.2) is 0 Å². The Morgan fingerprint density at radius 3 is 2.47 bits per heavy atom. The Morgan fingerprint density at radius 1 is 1.12 bits per heavy atom. The SMILES string of the molecule is CN=Cc1cccc(-c2ccc3c(c2)C2(N=C(N)N(C)O2)C2(C3)C[C@H](OC)[C@H](OC)C2)c1. The molecule has 7 nitrogen and oxygen atoms in total. The minimum Gasteiger partial charge on any atom is -0.379 e. The highest BCUT2D eigenvalue weighted by atomic mass is 16.7. The number of benzene rings is 2. The molecule has 1 heterocycles. The minimum atomic E-state index is -0.885. The quantitative estimate of drug-likeness (QED) is 0.748. The first-order chi connectivity index (χ1) is 15.4. The second-order valence-electron chi connectivity index (χ2n) is 9.00. The lowest BCUT2D eigenvalue weighted by molar-refractivity contribution is -0.222. The molecule has 0 radical (unpaired) electrons. The van der Waals surface area contributed by atoms with E-state index in [1.807, 2.05) is 13.3 Å². The zero-order chi connectivity index (χ0) is 22.5. The number of hydrogen-bond acceptors (Lipinski definition) is 7. The van der Waals surface area contributed by atoms with Crippen molar-refractivity contribution in [2.24, 2.45) is 21.1 Å². The van der Waals surface area contributed by atoms with Crippen molar-refractivity contribution in [1.29, 1.82) is 0 Å². The molecule has 7 heteroatoms. The van der Waals surface area contributed by atoms with E-state index >= 15 is 0 Å². The molecule has 0 aromatic heterocycles. The molecule has 32 heavy (non-hydrogen) atoms. The van der Waals surface area contributed by atoms with Gasteiger partial charge in [-0.05, 0) is 53.6 Å². The molecule has 5 rings (SSSR count). The second-order valence-corrected chi connectivity index (χ2v) is 9.00. The third-order valence-electron chi connectivity index (χ3n) is 7.29. The molecule has 2 spiro atoms. The van der Waals surface area contributed by atoms with E-state index < -0.39 is 5.72 Å². The molecule has 0 saturated heterocycles. The summed E-state index contributed by atoms with van der Waals surface area (Å²) in [5.74, 6) is 0.388. The zero-order valence-corrected chi connectivity index (χ0v) is 19.0. The molecule has 0 bridgehead atoms. The maximum atomic E-state index is 6.50. The first-order valence-electron chi connectivity index (χ1n) is 10.9. The van der Waals surface area contributed by atoms with Gasteiger partial charge in [0.2, 0.25) is 11.7 Å². The van der Waals surface area contributed by atoms with Crippen LogP contribution in [-0.2, 0) is 26.5 Å². The van der Waals surface area contributed by atoms with E-state index in [4.69, 9.17) is 25.0 Å². The first-order valence-corrected chi connectivity index (χ1v) is 10.9. The topological polar surface area (TPSA) is 81.7 Å². The summed E-state index contributed by atoms with van der Waals surface area (Å²) >= 11 is 0. The zero-order valence-electron chi connectivity index (χ0n) is 19.0. The van der Waals surface area contributed by atoms with Gasteiger partial charge in [-0.1, -0.05) is 30.3 Å². The van der Waals surface area contributed by atoms with Crippen LogP contribution in [0.4, 0.5) is 0 Å². The van der Waals surface area contributed by atoms with Gasteiger partial charge in [0.1, 0.15) is 0 Å². The largest absolute Gasteiger partial charge is 0.379 e. The predicted molar refractivity (Wildman–Crippen MR) is 125 cm³/mol. The number of aliphatic imine (C=N–C) groups is 2. The van der Waals surface area contributed by atoms with Crippen LogP contribution in [0, 0.1) is 5.41 Å². The maximum Gasteiger partial charge on any atom is 0.220 e. The molecule has 1 fully saturated rings. The van der Waals surface area contributed by atoms with Crippen LogP contribution in [-0.4, -0.2) is 57.8 Å². The summed E-state index contributed by atoms with van der Waals surface area (Å²) in [6, 6.07) is 15.0. The minimum absolute atomic E-state index is 0.0124. The van der Waals surface area contributed by atoms with Crippen molar-refractivity contribution < 1.29 is 14.3 Å². The van der Waals surface area contributed by atoms with E-state index in [1.54, 1.807) is 26.3 Å². The summed E-state index contributed by atoms with van der Waals surface area (Å²) in [7, 11) is 7.08.